The maximum absolute atomic E-state index is 5.71. The Labute approximate surface area is 90.8 Å². The van der Waals surface area contributed by atoms with Crippen LogP contribution >= 0.6 is 22.9 Å². The van der Waals surface area contributed by atoms with Gasteiger partial charge in [0.1, 0.15) is 5.82 Å². The van der Waals surface area contributed by atoms with E-state index in [2.05, 4.69) is 15.3 Å². The molecular formula is C9H8ClN3S. The summed E-state index contributed by atoms with van der Waals surface area (Å²) in [5.74, 6) is 0.858. The Hall–Kier alpha value is -1.13. The molecule has 1 N–H and O–H groups in total. The summed E-state index contributed by atoms with van der Waals surface area (Å²) in [5, 5.41) is 3.17. The van der Waals surface area contributed by atoms with Crippen LogP contribution in [-0.4, -0.2) is 9.97 Å². The van der Waals surface area contributed by atoms with E-state index in [4.69, 9.17) is 11.6 Å². The average molecular weight is 226 g/mol. The Morgan fingerprint density at radius 1 is 1.36 bits per heavy atom. The van der Waals surface area contributed by atoms with Crippen molar-refractivity contribution in [3.63, 3.8) is 0 Å². The minimum Gasteiger partial charge on any atom is -0.365 e. The normalized spacial score (nSPS) is 10.1. The Morgan fingerprint density at radius 2 is 2.29 bits per heavy atom. The van der Waals surface area contributed by atoms with E-state index < -0.39 is 0 Å². The number of nitrogens with zero attached hydrogens (tertiary/aromatic N) is 2. The molecule has 0 radical (unpaired) electrons. The van der Waals surface area contributed by atoms with Gasteiger partial charge in [0, 0.05) is 17.3 Å². The first-order chi connectivity index (χ1) is 6.84. The van der Waals surface area contributed by atoms with E-state index >= 15 is 0 Å². The van der Waals surface area contributed by atoms with Crippen LogP contribution in [-0.2, 0) is 6.54 Å². The molecule has 0 aliphatic carbocycles. The van der Waals surface area contributed by atoms with Crippen LogP contribution in [0.3, 0.4) is 0 Å². The molecule has 3 nitrogen and oxygen atoms in total. The van der Waals surface area contributed by atoms with Crippen molar-refractivity contribution < 1.29 is 0 Å². The molecule has 0 fully saturated rings. The second-order valence-electron chi connectivity index (χ2n) is 2.65. The van der Waals surface area contributed by atoms with Crippen molar-refractivity contribution in [1.82, 2.24) is 9.97 Å². The lowest BCUT2D eigenvalue weighted by atomic mass is 10.4. The van der Waals surface area contributed by atoms with Crippen molar-refractivity contribution in [3.05, 3.63) is 39.9 Å². The van der Waals surface area contributed by atoms with Crippen LogP contribution in [0.2, 0.25) is 4.47 Å². The van der Waals surface area contributed by atoms with Gasteiger partial charge in [0.25, 0.3) is 0 Å². The van der Waals surface area contributed by atoms with E-state index in [-0.39, 0.29) is 0 Å². The number of anilines is 1. The standard InChI is InChI=1S/C9H8ClN3S/c10-9-13-6-7(14-9)5-12-8-3-1-2-4-11-8/h1-4,6H,5H2,(H,11,12). The van der Waals surface area contributed by atoms with E-state index in [0.29, 0.717) is 11.0 Å². The van der Waals surface area contributed by atoms with Gasteiger partial charge in [-0.05, 0) is 12.1 Å². The predicted molar refractivity (Wildman–Crippen MR) is 58.7 cm³/mol. The second-order valence-corrected chi connectivity index (χ2v) is 4.35. The molecule has 0 unspecified atom stereocenters. The third-order valence-corrected chi connectivity index (χ3v) is 2.75. The first kappa shape index (κ1) is 9.43. The summed E-state index contributed by atoms with van der Waals surface area (Å²) in [5.41, 5.74) is 0. The number of thiazole rings is 1. The van der Waals surface area contributed by atoms with Crippen LogP contribution in [0.25, 0.3) is 0 Å². The van der Waals surface area contributed by atoms with Crippen molar-refractivity contribution in [2.45, 2.75) is 6.54 Å². The molecule has 2 rings (SSSR count). The maximum Gasteiger partial charge on any atom is 0.183 e. The molecule has 0 atom stereocenters. The highest BCUT2D eigenvalue weighted by Gasteiger charge is 1.98. The number of hydrogen-bond donors (Lipinski definition) is 1. The topological polar surface area (TPSA) is 37.8 Å². The summed E-state index contributed by atoms with van der Waals surface area (Å²) in [7, 11) is 0. The highest BCUT2D eigenvalue weighted by atomic mass is 35.5. The van der Waals surface area contributed by atoms with Crippen molar-refractivity contribution in [3.8, 4) is 0 Å². The molecule has 0 saturated heterocycles. The lowest BCUT2D eigenvalue weighted by molar-refractivity contribution is 1.13. The third-order valence-electron chi connectivity index (χ3n) is 1.63. The van der Waals surface area contributed by atoms with E-state index in [9.17, 15) is 0 Å². The second kappa shape index (κ2) is 4.39. The molecule has 0 spiro atoms. The molecule has 0 amide bonds. The molecule has 2 heterocycles. The fourth-order valence-corrected chi connectivity index (χ4v) is 1.93. The SMILES string of the molecule is Clc1ncc(CNc2ccccn2)s1. The molecule has 0 aliphatic rings. The molecular weight excluding hydrogens is 218 g/mol. The summed E-state index contributed by atoms with van der Waals surface area (Å²) >= 11 is 7.18. The number of rotatable bonds is 3. The molecule has 72 valence electrons. The van der Waals surface area contributed by atoms with Crippen LogP contribution in [0.4, 0.5) is 5.82 Å². The zero-order valence-electron chi connectivity index (χ0n) is 7.27. The minimum atomic E-state index is 0.572. The van der Waals surface area contributed by atoms with Gasteiger partial charge < -0.3 is 5.32 Å². The number of halogens is 1. The van der Waals surface area contributed by atoms with Crippen LogP contribution < -0.4 is 5.32 Å². The number of nitrogens with one attached hydrogen (secondary N) is 1. The van der Waals surface area contributed by atoms with Crippen molar-refractivity contribution in [1.29, 1.82) is 0 Å². The van der Waals surface area contributed by atoms with Crippen molar-refractivity contribution in [2.24, 2.45) is 0 Å². The van der Waals surface area contributed by atoms with E-state index in [1.807, 2.05) is 18.2 Å². The van der Waals surface area contributed by atoms with Gasteiger partial charge in [0.2, 0.25) is 0 Å². The fourth-order valence-electron chi connectivity index (χ4n) is 1.01. The predicted octanol–water partition coefficient (Wildman–Crippen LogP) is 2.80. The summed E-state index contributed by atoms with van der Waals surface area (Å²) in [6.07, 6.45) is 3.52. The summed E-state index contributed by atoms with van der Waals surface area (Å²) < 4.78 is 0.572. The van der Waals surface area contributed by atoms with Crippen LogP contribution in [0.15, 0.2) is 30.6 Å². The number of aromatic nitrogens is 2. The summed E-state index contributed by atoms with van der Waals surface area (Å²) in [6, 6.07) is 5.74. The summed E-state index contributed by atoms with van der Waals surface area (Å²) in [6.45, 7) is 0.710. The monoisotopic (exact) mass is 225 g/mol. The molecule has 0 aromatic carbocycles. The van der Waals surface area contributed by atoms with Gasteiger partial charge >= 0.3 is 0 Å². The zero-order valence-corrected chi connectivity index (χ0v) is 8.85. The van der Waals surface area contributed by atoms with Crippen LogP contribution in [0.1, 0.15) is 4.88 Å². The fraction of sp³-hybridized carbons (Fsp3) is 0.111. The Bertz CT molecular complexity index is 401. The molecule has 5 heteroatoms. The molecule has 0 bridgehead atoms. The van der Waals surface area contributed by atoms with Gasteiger partial charge in [0.15, 0.2) is 4.47 Å². The van der Waals surface area contributed by atoms with Gasteiger partial charge in [-0.2, -0.15) is 0 Å². The lowest BCUT2D eigenvalue weighted by Crippen LogP contribution is -1.98. The largest absolute Gasteiger partial charge is 0.365 e. The van der Waals surface area contributed by atoms with Gasteiger partial charge in [0.05, 0.1) is 6.54 Å². The Morgan fingerprint density at radius 3 is 2.93 bits per heavy atom. The van der Waals surface area contributed by atoms with E-state index in [0.717, 1.165) is 10.7 Å². The van der Waals surface area contributed by atoms with Gasteiger partial charge in [-0.15, -0.1) is 11.3 Å². The highest BCUT2D eigenvalue weighted by Crippen LogP contribution is 2.18. The van der Waals surface area contributed by atoms with Crippen molar-refractivity contribution in [2.75, 3.05) is 5.32 Å². The molecule has 14 heavy (non-hydrogen) atoms. The minimum absolute atomic E-state index is 0.572. The third kappa shape index (κ3) is 2.43. The quantitative estimate of drug-likeness (QED) is 0.873. The van der Waals surface area contributed by atoms with E-state index in [1.165, 1.54) is 11.3 Å². The van der Waals surface area contributed by atoms with Gasteiger partial charge in [-0.3, -0.25) is 0 Å². The molecule has 2 aromatic rings. The Kier molecular flexibility index (Phi) is 2.96. The number of hydrogen-bond acceptors (Lipinski definition) is 4. The van der Waals surface area contributed by atoms with Gasteiger partial charge in [-0.25, -0.2) is 9.97 Å². The first-order valence-electron chi connectivity index (χ1n) is 4.10. The van der Waals surface area contributed by atoms with Crippen molar-refractivity contribution >= 4 is 28.8 Å². The Balaban J connectivity index is 1.95. The molecule has 0 aliphatic heterocycles. The molecule has 2 aromatic heterocycles. The van der Waals surface area contributed by atoms with E-state index in [1.54, 1.807) is 12.4 Å². The smallest absolute Gasteiger partial charge is 0.183 e. The van der Waals surface area contributed by atoms with Crippen LogP contribution in [0.5, 0.6) is 0 Å². The average Bonchev–Trinajstić information content (AvgIpc) is 2.63. The maximum atomic E-state index is 5.71. The summed E-state index contributed by atoms with van der Waals surface area (Å²) in [4.78, 5) is 9.19. The highest BCUT2D eigenvalue weighted by molar-refractivity contribution is 7.15. The first-order valence-corrected chi connectivity index (χ1v) is 5.29. The lowest BCUT2D eigenvalue weighted by Gasteiger charge is -2.01. The van der Waals surface area contributed by atoms with Crippen LogP contribution in [0, 0.1) is 0 Å². The van der Waals surface area contributed by atoms with Gasteiger partial charge in [-0.1, -0.05) is 17.7 Å². The number of pyridine rings is 1. The molecule has 0 saturated carbocycles. The zero-order chi connectivity index (χ0) is 9.80.